The molecule has 0 atom stereocenters. The molecule has 4 rings (SSSR count). The minimum absolute atomic E-state index is 0.0778. The molecule has 0 N–H and O–H groups in total. The third-order valence-corrected chi connectivity index (χ3v) is 5.86. The third kappa shape index (κ3) is 3.62. The van der Waals surface area contributed by atoms with Crippen molar-refractivity contribution in [1.29, 1.82) is 0 Å². The highest BCUT2D eigenvalue weighted by atomic mass is 35.5. The van der Waals surface area contributed by atoms with Crippen LogP contribution in [-0.2, 0) is 19.5 Å². The van der Waals surface area contributed by atoms with Crippen LogP contribution in [0.4, 0.5) is 0 Å². The predicted octanol–water partition coefficient (Wildman–Crippen LogP) is 3.67. The lowest BCUT2D eigenvalue weighted by molar-refractivity contribution is 0.239. The average Bonchev–Trinajstić information content (AvgIpc) is 3.39. The van der Waals surface area contributed by atoms with Crippen molar-refractivity contribution in [2.75, 3.05) is 13.1 Å². The van der Waals surface area contributed by atoms with Crippen LogP contribution in [0.15, 0.2) is 23.0 Å². The molecular formula is C19H21Cl2N3O. The van der Waals surface area contributed by atoms with E-state index in [1.807, 2.05) is 19.1 Å². The number of benzene rings is 1. The fourth-order valence-corrected chi connectivity index (χ4v) is 3.84. The van der Waals surface area contributed by atoms with E-state index in [-0.39, 0.29) is 5.56 Å². The summed E-state index contributed by atoms with van der Waals surface area (Å²) in [5, 5.41) is 1.03. The van der Waals surface area contributed by atoms with Crippen LogP contribution in [0.1, 0.15) is 35.5 Å². The summed E-state index contributed by atoms with van der Waals surface area (Å²) in [4.78, 5) is 20.2. The fourth-order valence-electron chi connectivity index (χ4n) is 3.52. The van der Waals surface area contributed by atoms with Crippen LogP contribution < -0.4 is 5.56 Å². The van der Waals surface area contributed by atoms with Crippen LogP contribution in [0.3, 0.4) is 0 Å². The van der Waals surface area contributed by atoms with Gasteiger partial charge in [0.15, 0.2) is 0 Å². The topological polar surface area (TPSA) is 38.1 Å². The van der Waals surface area contributed by atoms with Crippen molar-refractivity contribution in [2.24, 2.45) is 5.92 Å². The van der Waals surface area contributed by atoms with Gasteiger partial charge in [0.1, 0.15) is 5.82 Å². The number of hydrogen-bond acceptors (Lipinski definition) is 3. The van der Waals surface area contributed by atoms with Gasteiger partial charge in [-0.2, -0.15) is 0 Å². The van der Waals surface area contributed by atoms with Crippen molar-refractivity contribution in [2.45, 2.75) is 39.3 Å². The normalized spacial score (nSPS) is 17.6. The first kappa shape index (κ1) is 17.1. The van der Waals surface area contributed by atoms with Gasteiger partial charge in [-0.15, -0.1) is 0 Å². The van der Waals surface area contributed by atoms with Crippen molar-refractivity contribution >= 4 is 23.2 Å². The molecule has 2 heterocycles. The highest BCUT2D eigenvalue weighted by Gasteiger charge is 2.28. The van der Waals surface area contributed by atoms with Gasteiger partial charge in [0.2, 0.25) is 0 Å². The molecule has 1 aromatic carbocycles. The standard InChI is InChI=1S/C19H21Cl2N3O/c1-12-22-18-6-7-23(9-13-2-3-13)11-15(18)19(25)24(12)10-14-4-5-16(20)17(21)8-14/h4-5,8,13H,2-3,6-7,9-11H2,1H3. The predicted molar refractivity (Wildman–Crippen MR) is 101 cm³/mol. The minimum atomic E-state index is 0.0778. The second-order valence-electron chi connectivity index (χ2n) is 7.15. The second-order valence-corrected chi connectivity index (χ2v) is 7.97. The van der Waals surface area contributed by atoms with Crippen molar-refractivity contribution in [3.8, 4) is 0 Å². The summed E-state index contributed by atoms with van der Waals surface area (Å²) in [6.45, 7) is 5.20. The SMILES string of the molecule is Cc1nc2c(c(=O)n1Cc1ccc(Cl)c(Cl)c1)CN(CC1CC1)CC2. The molecule has 1 aliphatic heterocycles. The highest BCUT2D eigenvalue weighted by Crippen LogP contribution is 2.31. The van der Waals surface area contributed by atoms with Gasteiger partial charge in [-0.1, -0.05) is 29.3 Å². The Balaban J connectivity index is 1.64. The monoisotopic (exact) mass is 377 g/mol. The van der Waals surface area contributed by atoms with E-state index in [9.17, 15) is 4.79 Å². The number of hydrogen-bond donors (Lipinski definition) is 0. The first-order valence-corrected chi connectivity index (χ1v) is 9.52. The molecule has 2 aromatic rings. The summed E-state index contributed by atoms with van der Waals surface area (Å²) in [7, 11) is 0. The van der Waals surface area contributed by atoms with Gasteiger partial charge in [-0.25, -0.2) is 4.98 Å². The van der Waals surface area contributed by atoms with E-state index in [2.05, 4.69) is 4.90 Å². The maximum atomic E-state index is 13.1. The van der Waals surface area contributed by atoms with Crippen molar-refractivity contribution in [1.82, 2.24) is 14.5 Å². The Morgan fingerprint density at radius 3 is 2.76 bits per heavy atom. The maximum absolute atomic E-state index is 13.1. The van der Waals surface area contributed by atoms with Gasteiger partial charge in [0.25, 0.3) is 5.56 Å². The summed E-state index contributed by atoms with van der Waals surface area (Å²) in [5.74, 6) is 1.59. The van der Waals surface area contributed by atoms with Crippen LogP contribution in [0.5, 0.6) is 0 Å². The van der Waals surface area contributed by atoms with E-state index in [0.717, 1.165) is 54.6 Å². The first-order chi connectivity index (χ1) is 12.0. The van der Waals surface area contributed by atoms with E-state index in [1.165, 1.54) is 12.8 Å². The first-order valence-electron chi connectivity index (χ1n) is 8.76. The summed E-state index contributed by atoms with van der Waals surface area (Å²) in [6.07, 6.45) is 3.53. The van der Waals surface area contributed by atoms with Crippen LogP contribution in [0.2, 0.25) is 10.0 Å². The fraction of sp³-hybridized carbons (Fsp3) is 0.474. The summed E-state index contributed by atoms with van der Waals surface area (Å²) >= 11 is 12.1. The van der Waals surface area contributed by atoms with Gasteiger partial charge in [0.05, 0.1) is 27.8 Å². The lowest BCUT2D eigenvalue weighted by Gasteiger charge is -2.28. The molecule has 0 amide bonds. The van der Waals surface area contributed by atoms with Crippen LogP contribution in [0.25, 0.3) is 0 Å². The molecule has 2 aliphatic rings. The molecule has 0 saturated heterocycles. The molecule has 0 spiro atoms. The summed E-state index contributed by atoms with van der Waals surface area (Å²) < 4.78 is 1.75. The molecule has 4 nitrogen and oxygen atoms in total. The zero-order valence-corrected chi connectivity index (χ0v) is 15.8. The minimum Gasteiger partial charge on any atom is -0.298 e. The molecule has 25 heavy (non-hydrogen) atoms. The summed E-state index contributed by atoms with van der Waals surface area (Å²) in [5.41, 5.74) is 2.86. The smallest absolute Gasteiger partial charge is 0.258 e. The number of aryl methyl sites for hydroxylation is 1. The molecular weight excluding hydrogens is 357 g/mol. The number of rotatable bonds is 4. The molecule has 6 heteroatoms. The average molecular weight is 378 g/mol. The van der Waals surface area contributed by atoms with Crippen LogP contribution >= 0.6 is 23.2 Å². The Morgan fingerprint density at radius 1 is 1.24 bits per heavy atom. The van der Waals surface area contributed by atoms with Gasteiger partial charge in [-0.05, 0) is 43.4 Å². The Labute approximate surface area is 157 Å². The van der Waals surface area contributed by atoms with Crippen LogP contribution in [0, 0.1) is 12.8 Å². The number of halogens is 2. The maximum Gasteiger partial charge on any atom is 0.258 e. The molecule has 0 bridgehead atoms. The van der Waals surface area contributed by atoms with E-state index < -0.39 is 0 Å². The quantitative estimate of drug-likeness (QED) is 0.815. The zero-order valence-electron chi connectivity index (χ0n) is 14.3. The van der Waals surface area contributed by atoms with Gasteiger partial charge >= 0.3 is 0 Å². The molecule has 1 aliphatic carbocycles. The molecule has 0 unspecified atom stereocenters. The molecule has 0 radical (unpaired) electrons. The second kappa shape index (κ2) is 6.75. The van der Waals surface area contributed by atoms with Crippen molar-refractivity contribution in [3.63, 3.8) is 0 Å². The molecule has 1 fully saturated rings. The van der Waals surface area contributed by atoms with E-state index in [0.29, 0.717) is 16.6 Å². The Kier molecular flexibility index (Phi) is 4.61. The Morgan fingerprint density at radius 2 is 2.04 bits per heavy atom. The van der Waals surface area contributed by atoms with Gasteiger partial charge < -0.3 is 0 Å². The lowest BCUT2D eigenvalue weighted by atomic mass is 10.1. The van der Waals surface area contributed by atoms with E-state index in [1.54, 1.807) is 10.6 Å². The molecule has 1 aromatic heterocycles. The highest BCUT2D eigenvalue weighted by molar-refractivity contribution is 6.42. The number of fused-ring (bicyclic) bond motifs is 1. The molecule has 1 saturated carbocycles. The van der Waals surface area contributed by atoms with Crippen LogP contribution in [-0.4, -0.2) is 27.5 Å². The van der Waals surface area contributed by atoms with Crippen molar-refractivity contribution in [3.05, 3.63) is 61.2 Å². The van der Waals surface area contributed by atoms with Crippen molar-refractivity contribution < 1.29 is 0 Å². The lowest BCUT2D eigenvalue weighted by Crippen LogP contribution is -2.39. The Hall–Kier alpha value is -1.36. The zero-order chi connectivity index (χ0) is 17.6. The van der Waals surface area contributed by atoms with E-state index >= 15 is 0 Å². The van der Waals surface area contributed by atoms with Gasteiger partial charge in [0, 0.05) is 26.1 Å². The third-order valence-electron chi connectivity index (χ3n) is 5.12. The Bertz CT molecular complexity index is 874. The molecule has 132 valence electrons. The number of aromatic nitrogens is 2. The number of nitrogens with zero attached hydrogens (tertiary/aromatic N) is 3. The van der Waals surface area contributed by atoms with Gasteiger partial charge in [-0.3, -0.25) is 14.3 Å². The van der Waals surface area contributed by atoms with E-state index in [4.69, 9.17) is 28.2 Å². The largest absolute Gasteiger partial charge is 0.298 e. The summed E-state index contributed by atoms with van der Waals surface area (Å²) in [6, 6.07) is 5.48.